The zero-order valence-corrected chi connectivity index (χ0v) is 13.0. The lowest BCUT2D eigenvalue weighted by atomic mass is 10.3. The van der Waals surface area contributed by atoms with E-state index in [4.69, 9.17) is 5.53 Å². The summed E-state index contributed by atoms with van der Waals surface area (Å²) in [4.78, 5) is 18.5. The molecule has 0 fully saturated rings. The number of hydrogen-bond acceptors (Lipinski definition) is 3. The Hall–Kier alpha value is -2.29. The van der Waals surface area contributed by atoms with Crippen molar-refractivity contribution in [3.8, 4) is 11.5 Å². The highest BCUT2D eigenvalue weighted by Gasteiger charge is 2.11. The van der Waals surface area contributed by atoms with Crippen LogP contribution < -0.4 is 5.32 Å². The number of rotatable bonds is 3. The first kappa shape index (κ1) is 15.8. The number of nitrogens with one attached hydrogen (secondary N) is 1. The van der Waals surface area contributed by atoms with Gasteiger partial charge in [-0.05, 0) is 24.6 Å². The van der Waals surface area contributed by atoms with Crippen LogP contribution in [-0.4, -0.2) is 25.0 Å². The highest BCUT2D eigenvalue weighted by Crippen LogP contribution is 2.06. The van der Waals surface area contributed by atoms with Crippen LogP contribution in [0.1, 0.15) is 12.6 Å². The fraction of sp³-hybridized carbons (Fsp3) is 0.385. The molecule has 0 spiro atoms. The van der Waals surface area contributed by atoms with Gasteiger partial charge in [0.15, 0.2) is 0 Å². The molecule has 0 aliphatic carbocycles. The molecule has 1 atom stereocenters. The van der Waals surface area contributed by atoms with Gasteiger partial charge < -0.3 is 5.32 Å². The van der Waals surface area contributed by atoms with Crippen LogP contribution in [-0.2, 0) is 4.79 Å². The lowest BCUT2D eigenvalue weighted by molar-refractivity contribution is -0.117. The van der Waals surface area contributed by atoms with E-state index in [1.807, 2.05) is 0 Å². The molecule has 0 saturated heterocycles. The normalized spacial score (nSPS) is 11.6. The van der Waals surface area contributed by atoms with Crippen LogP contribution in [0.3, 0.4) is 0 Å². The SMILES string of the molecule is C[C@@H](N=[N+]=[N-])C(=O)Nc1cccc(C#C[Si](C)(C)C)n1. The van der Waals surface area contributed by atoms with E-state index in [1.54, 1.807) is 18.2 Å². The first-order valence-corrected chi connectivity index (χ1v) is 9.67. The second-order valence-electron chi connectivity index (χ2n) is 5.28. The van der Waals surface area contributed by atoms with Crippen LogP contribution in [0.2, 0.25) is 19.6 Å². The van der Waals surface area contributed by atoms with Crippen molar-refractivity contribution in [1.29, 1.82) is 0 Å². The Labute approximate surface area is 119 Å². The van der Waals surface area contributed by atoms with Gasteiger partial charge in [0.05, 0.1) is 0 Å². The summed E-state index contributed by atoms with van der Waals surface area (Å²) in [5.41, 5.74) is 12.1. The van der Waals surface area contributed by atoms with E-state index in [-0.39, 0.29) is 0 Å². The first-order chi connectivity index (χ1) is 9.31. The highest BCUT2D eigenvalue weighted by molar-refractivity contribution is 6.83. The van der Waals surface area contributed by atoms with E-state index in [2.05, 4.69) is 51.4 Å². The van der Waals surface area contributed by atoms with Gasteiger partial charge in [0.25, 0.3) is 0 Å². The summed E-state index contributed by atoms with van der Waals surface area (Å²) >= 11 is 0. The summed E-state index contributed by atoms with van der Waals surface area (Å²) < 4.78 is 0. The average molecular weight is 287 g/mol. The zero-order chi connectivity index (χ0) is 15.2. The fourth-order valence-corrected chi connectivity index (χ4v) is 1.69. The number of carbonyl (C=O) groups is 1. The lowest BCUT2D eigenvalue weighted by Crippen LogP contribution is -2.23. The number of pyridine rings is 1. The van der Waals surface area contributed by atoms with Crippen molar-refractivity contribution in [3.05, 3.63) is 34.3 Å². The zero-order valence-electron chi connectivity index (χ0n) is 12.0. The van der Waals surface area contributed by atoms with Gasteiger partial charge >= 0.3 is 0 Å². The molecule has 1 aromatic heterocycles. The molecule has 7 heteroatoms. The summed E-state index contributed by atoms with van der Waals surface area (Å²) in [5.74, 6) is 3.02. The Morgan fingerprint density at radius 3 is 2.80 bits per heavy atom. The predicted octanol–water partition coefficient (Wildman–Crippen LogP) is 2.95. The van der Waals surface area contributed by atoms with Gasteiger partial charge in [0.1, 0.15) is 25.6 Å². The standard InChI is InChI=1S/C13H17N5OSi/c1-10(17-18-14)13(19)16-12-7-5-6-11(15-12)8-9-20(2,3)4/h5-7,10H,1-4H3,(H,15,16,19)/t10-/m1/s1. The van der Waals surface area contributed by atoms with Crippen LogP contribution in [0.4, 0.5) is 5.82 Å². The Balaban J connectivity index is 2.86. The highest BCUT2D eigenvalue weighted by atomic mass is 28.3. The molecule has 6 nitrogen and oxygen atoms in total. The second-order valence-corrected chi connectivity index (χ2v) is 10.0. The number of anilines is 1. The number of hydrogen-bond donors (Lipinski definition) is 1. The number of azide groups is 1. The number of amides is 1. The largest absolute Gasteiger partial charge is 0.310 e. The third kappa shape index (κ3) is 5.57. The molecule has 0 aromatic carbocycles. The molecule has 20 heavy (non-hydrogen) atoms. The van der Waals surface area contributed by atoms with Crippen molar-refractivity contribution in [3.63, 3.8) is 0 Å². The van der Waals surface area contributed by atoms with Crippen molar-refractivity contribution in [1.82, 2.24) is 4.98 Å². The molecule has 0 aliphatic heterocycles. The van der Waals surface area contributed by atoms with Gasteiger partial charge in [0, 0.05) is 4.91 Å². The van der Waals surface area contributed by atoms with Crippen molar-refractivity contribution < 1.29 is 4.79 Å². The molecule has 1 heterocycles. The van der Waals surface area contributed by atoms with Gasteiger partial charge in [-0.25, -0.2) is 4.98 Å². The molecule has 1 N–H and O–H groups in total. The van der Waals surface area contributed by atoms with Gasteiger partial charge in [-0.2, -0.15) is 0 Å². The molecule has 0 saturated carbocycles. The molecular formula is C13H17N5OSi. The Bertz CT molecular complexity index is 605. The minimum Gasteiger partial charge on any atom is -0.310 e. The van der Waals surface area contributed by atoms with Crippen molar-refractivity contribution in [2.75, 3.05) is 5.32 Å². The van der Waals surface area contributed by atoms with Crippen LogP contribution >= 0.6 is 0 Å². The smallest absolute Gasteiger partial charge is 0.234 e. The minimum absolute atomic E-state index is 0.398. The third-order valence-electron chi connectivity index (χ3n) is 2.17. The minimum atomic E-state index is -1.46. The third-order valence-corrected chi connectivity index (χ3v) is 3.05. The summed E-state index contributed by atoms with van der Waals surface area (Å²) in [6.07, 6.45) is 0. The maximum atomic E-state index is 11.7. The number of carbonyl (C=O) groups excluding carboxylic acids is 1. The molecule has 0 radical (unpaired) electrons. The summed E-state index contributed by atoms with van der Waals surface area (Å²) in [6.45, 7) is 7.96. The molecule has 0 aliphatic rings. The van der Waals surface area contributed by atoms with Crippen LogP contribution in [0.15, 0.2) is 23.3 Å². The molecule has 1 aromatic rings. The maximum absolute atomic E-state index is 11.7. The summed E-state index contributed by atoms with van der Waals surface area (Å²) in [7, 11) is -1.46. The van der Waals surface area contributed by atoms with Gasteiger partial charge in [0.2, 0.25) is 5.91 Å². The number of nitrogens with zero attached hydrogens (tertiary/aromatic N) is 4. The number of aromatic nitrogens is 1. The average Bonchev–Trinajstić information content (AvgIpc) is 2.36. The maximum Gasteiger partial charge on any atom is 0.234 e. The van der Waals surface area contributed by atoms with E-state index >= 15 is 0 Å². The second kappa shape index (κ2) is 6.75. The van der Waals surface area contributed by atoms with Crippen molar-refractivity contribution in [2.24, 2.45) is 5.11 Å². The molecule has 0 bridgehead atoms. The van der Waals surface area contributed by atoms with E-state index in [0.29, 0.717) is 11.5 Å². The molecule has 1 amide bonds. The monoisotopic (exact) mass is 287 g/mol. The molecule has 1 rings (SSSR count). The van der Waals surface area contributed by atoms with Crippen molar-refractivity contribution in [2.45, 2.75) is 32.6 Å². The summed E-state index contributed by atoms with van der Waals surface area (Å²) in [5, 5.41) is 5.92. The lowest BCUT2D eigenvalue weighted by Gasteiger charge is -2.07. The Morgan fingerprint density at radius 1 is 1.50 bits per heavy atom. The molecule has 104 valence electrons. The van der Waals surface area contributed by atoms with Gasteiger partial charge in [-0.3, -0.25) is 4.79 Å². The van der Waals surface area contributed by atoms with Crippen LogP contribution in [0.5, 0.6) is 0 Å². The van der Waals surface area contributed by atoms with Crippen molar-refractivity contribution >= 4 is 19.8 Å². The van der Waals surface area contributed by atoms with Gasteiger partial charge in [-0.15, -0.1) is 5.54 Å². The van der Waals surface area contributed by atoms with Gasteiger partial charge in [-0.1, -0.05) is 36.7 Å². The van der Waals surface area contributed by atoms with Crippen LogP contribution in [0.25, 0.3) is 10.4 Å². The predicted molar refractivity (Wildman–Crippen MR) is 81.7 cm³/mol. The van der Waals surface area contributed by atoms with Crippen LogP contribution in [0, 0.1) is 11.5 Å². The quantitative estimate of drug-likeness (QED) is 0.304. The fourth-order valence-electron chi connectivity index (χ4n) is 1.19. The topological polar surface area (TPSA) is 90.8 Å². The van der Waals surface area contributed by atoms with E-state index < -0.39 is 20.0 Å². The molecular weight excluding hydrogens is 270 g/mol. The Kier molecular flexibility index (Phi) is 5.32. The Morgan fingerprint density at radius 2 is 2.20 bits per heavy atom. The first-order valence-electron chi connectivity index (χ1n) is 6.17. The van der Waals surface area contributed by atoms with E-state index in [1.165, 1.54) is 6.92 Å². The van der Waals surface area contributed by atoms with E-state index in [9.17, 15) is 4.79 Å². The summed E-state index contributed by atoms with van der Waals surface area (Å²) in [6, 6.07) is 4.45. The molecule has 0 unspecified atom stereocenters. The van der Waals surface area contributed by atoms with E-state index in [0.717, 1.165) is 0 Å².